The van der Waals surface area contributed by atoms with Crippen molar-refractivity contribution >= 4 is 32.4 Å². The fraction of sp³-hybridized carbons (Fsp3) is 0.556. The first-order chi connectivity index (χ1) is 7.77. The molecule has 0 aliphatic carbocycles. The Morgan fingerprint density at radius 3 is 2.59 bits per heavy atom. The maximum Gasteiger partial charge on any atom is 0.264 e. The quantitative estimate of drug-likeness (QED) is 0.784. The SMILES string of the molecule is COCc1nc(C(C)S(C)(=O)=O)[nH]c(=O)c1I. The lowest BCUT2D eigenvalue weighted by atomic mass is 10.3. The highest BCUT2D eigenvalue weighted by Crippen LogP contribution is 2.17. The molecule has 0 fully saturated rings. The molecule has 6 nitrogen and oxygen atoms in total. The smallest absolute Gasteiger partial charge is 0.264 e. The van der Waals surface area contributed by atoms with Crippen molar-refractivity contribution in [2.45, 2.75) is 18.8 Å². The first-order valence-corrected chi connectivity index (χ1v) is 7.77. The predicted octanol–water partition coefficient (Wildman–Crippen LogP) is 0.627. The zero-order chi connectivity index (χ0) is 13.2. The van der Waals surface area contributed by atoms with E-state index in [2.05, 4.69) is 9.97 Å². The molecule has 1 aromatic heterocycles. The van der Waals surface area contributed by atoms with Crippen LogP contribution in [0.3, 0.4) is 0 Å². The van der Waals surface area contributed by atoms with Crippen molar-refractivity contribution in [3.63, 3.8) is 0 Å². The number of halogens is 1. The summed E-state index contributed by atoms with van der Waals surface area (Å²) >= 11 is 1.85. The highest BCUT2D eigenvalue weighted by molar-refractivity contribution is 14.1. The Balaban J connectivity index is 3.33. The van der Waals surface area contributed by atoms with Gasteiger partial charge < -0.3 is 9.72 Å². The molecule has 0 aliphatic heterocycles. The largest absolute Gasteiger partial charge is 0.378 e. The maximum atomic E-state index is 11.6. The minimum absolute atomic E-state index is 0.143. The van der Waals surface area contributed by atoms with Crippen LogP contribution in [0, 0.1) is 3.57 Å². The van der Waals surface area contributed by atoms with Crippen LogP contribution in [0.4, 0.5) is 0 Å². The zero-order valence-electron chi connectivity index (χ0n) is 9.65. The van der Waals surface area contributed by atoms with Gasteiger partial charge in [-0.3, -0.25) is 4.79 Å². The molecular formula is C9H13IN2O4S. The first-order valence-electron chi connectivity index (χ1n) is 4.73. The molecule has 0 amide bonds. The van der Waals surface area contributed by atoms with Crippen LogP contribution in [-0.2, 0) is 21.2 Å². The van der Waals surface area contributed by atoms with Gasteiger partial charge in [0.15, 0.2) is 9.84 Å². The Morgan fingerprint density at radius 1 is 1.53 bits per heavy atom. The van der Waals surface area contributed by atoms with Crippen LogP contribution in [0.2, 0.25) is 0 Å². The highest BCUT2D eigenvalue weighted by atomic mass is 127. The van der Waals surface area contributed by atoms with Crippen molar-refractivity contribution in [3.8, 4) is 0 Å². The number of methoxy groups -OCH3 is 1. The van der Waals surface area contributed by atoms with Crippen molar-refractivity contribution in [3.05, 3.63) is 25.4 Å². The van der Waals surface area contributed by atoms with E-state index in [0.717, 1.165) is 6.26 Å². The van der Waals surface area contributed by atoms with Gasteiger partial charge in [-0.05, 0) is 29.5 Å². The number of H-pyrrole nitrogens is 1. The van der Waals surface area contributed by atoms with Crippen LogP contribution in [0.1, 0.15) is 23.7 Å². The Hall–Kier alpha value is -0.480. The molecule has 0 saturated heterocycles. The highest BCUT2D eigenvalue weighted by Gasteiger charge is 2.21. The summed E-state index contributed by atoms with van der Waals surface area (Å²) in [6.07, 6.45) is 1.10. The molecule has 0 saturated carbocycles. The molecule has 1 unspecified atom stereocenters. The minimum atomic E-state index is -3.29. The molecule has 1 heterocycles. The summed E-state index contributed by atoms with van der Waals surface area (Å²) in [6, 6.07) is 0. The number of rotatable bonds is 4. The minimum Gasteiger partial charge on any atom is -0.378 e. The van der Waals surface area contributed by atoms with Crippen molar-refractivity contribution in [1.82, 2.24) is 9.97 Å². The summed E-state index contributed by atoms with van der Waals surface area (Å²) in [4.78, 5) is 18.2. The molecule has 1 atom stereocenters. The summed E-state index contributed by atoms with van der Waals surface area (Å²) in [5.74, 6) is 0.143. The lowest BCUT2D eigenvalue weighted by molar-refractivity contribution is 0.180. The van der Waals surface area contributed by atoms with Crippen LogP contribution in [-0.4, -0.2) is 31.8 Å². The van der Waals surface area contributed by atoms with Crippen LogP contribution in [0.25, 0.3) is 0 Å². The molecule has 96 valence electrons. The molecule has 0 radical (unpaired) electrons. The fourth-order valence-electron chi connectivity index (χ4n) is 1.15. The van der Waals surface area contributed by atoms with Crippen molar-refractivity contribution in [2.75, 3.05) is 13.4 Å². The third-order valence-corrected chi connectivity index (χ3v) is 4.88. The monoisotopic (exact) mass is 372 g/mol. The molecular weight excluding hydrogens is 359 g/mol. The molecule has 1 rings (SSSR count). The fourth-order valence-corrected chi connectivity index (χ4v) is 2.08. The molecule has 1 aromatic rings. The number of aromatic amines is 1. The van der Waals surface area contributed by atoms with E-state index in [1.807, 2.05) is 22.6 Å². The summed E-state index contributed by atoms with van der Waals surface area (Å²) in [6.45, 7) is 1.66. The van der Waals surface area contributed by atoms with E-state index in [0.29, 0.717) is 9.26 Å². The Morgan fingerprint density at radius 2 is 2.12 bits per heavy atom. The summed E-state index contributed by atoms with van der Waals surface area (Å²) < 4.78 is 28.1. The van der Waals surface area contributed by atoms with E-state index < -0.39 is 15.1 Å². The summed E-state index contributed by atoms with van der Waals surface area (Å²) in [5.41, 5.74) is 0.0977. The van der Waals surface area contributed by atoms with Crippen LogP contribution in [0.15, 0.2) is 4.79 Å². The number of ether oxygens (including phenoxy) is 1. The van der Waals surface area contributed by atoms with Gasteiger partial charge >= 0.3 is 0 Å². The van der Waals surface area contributed by atoms with Gasteiger partial charge in [-0.25, -0.2) is 13.4 Å². The van der Waals surface area contributed by atoms with E-state index in [1.165, 1.54) is 14.0 Å². The van der Waals surface area contributed by atoms with Gasteiger partial charge in [0.2, 0.25) is 0 Å². The molecule has 8 heteroatoms. The van der Waals surface area contributed by atoms with Gasteiger partial charge in [-0.15, -0.1) is 0 Å². The van der Waals surface area contributed by atoms with E-state index in [-0.39, 0.29) is 18.0 Å². The third-order valence-electron chi connectivity index (χ3n) is 2.26. The van der Waals surface area contributed by atoms with E-state index in [4.69, 9.17) is 4.74 Å². The molecule has 17 heavy (non-hydrogen) atoms. The second-order valence-electron chi connectivity index (χ2n) is 3.62. The Kier molecular flexibility index (Phi) is 4.67. The van der Waals surface area contributed by atoms with Gasteiger partial charge in [0.25, 0.3) is 5.56 Å². The second-order valence-corrected chi connectivity index (χ2v) is 7.06. The number of nitrogens with one attached hydrogen (secondary N) is 1. The number of aromatic nitrogens is 2. The zero-order valence-corrected chi connectivity index (χ0v) is 12.6. The normalized spacial score (nSPS) is 13.6. The second kappa shape index (κ2) is 5.44. The van der Waals surface area contributed by atoms with Gasteiger partial charge in [0, 0.05) is 13.4 Å². The van der Waals surface area contributed by atoms with E-state index in [1.54, 1.807) is 0 Å². The summed E-state index contributed by atoms with van der Waals surface area (Å²) in [5, 5.41) is -0.845. The summed E-state index contributed by atoms with van der Waals surface area (Å²) in [7, 11) is -1.81. The molecule has 0 aliphatic rings. The van der Waals surface area contributed by atoms with E-state index >= 15 is 0 Å². The van der Waals surface area contributed by atoms with Crippen LogP contribution < -0.4 is 5.56 Å². The lowest BCUT2D eigenvalue weighted by Crippen LogP contribution is -2.22. The standard InChI is InChI=1S/C9H13IN2O4S/c1-5(17(3,14)15)8-11-6(4-16-2)7(10)9(13)12-8/h5H,4H2,1-3H3,(H,11,12,13). The Labute approximate surface area is 113 Å². The molecule has 0 aromatic carbocycles. The predicted molar refractivity (Wildman–Crippen MR) is 71.5 cm³/mol. The van der Waals surface area contributed by atoms with Crippen molar-refractivity contribution in [1.29, 1.82) is 0 Å². The van der Waals surface area contributed by atoms with E-state index in [9.17, 15) is 13.2 Å². The van der Waals surface area contributed by atoms with Crippen molar-refractivity contribution < 1.29 is 13.2 Å². The maximum absolute atomic E-state index is 11.6. The van der Waals surface area contributed by atoms with Gasteiger partial charge in [0.1, 0.15) is 14.6 Å². The number of hydrogen-bond acceptors (Lipinski definition) is 5. The third kappa shape index (κ3) is 3.49. The van der Waals surface area contributed by atoms with Crippen LogP contribution in [0.5, 0.6) is 0 Å². The average Bonchev–Trinajstić information content (AvgIpc) is 2.22. The van der Waals surface area contributed by atoms with Gasteiger partial charge in [-0.1, -0.05) is 0 Å². The van der Waals surface area contributed by atoms with Crippen LogP contribution >= 0.6 is 22.6 Å². The number of hydrogen-bond donors (Lipinski definition) is 1. The topological polar surface area (TPSA) is 89.1 Å². The molecule has 0 spiro atoms. The first kappa shape index (κ1) is 14.6. The van der Waals surface area contributed by atoms with Gasteiger partial charge in [0.05, 0.1) is 12.3 Å². The lowest BCUT2D eigenvalue weighted by Gasteiger charge is -2.10. The van der Waals surface area contributed by atoms with Crippen molar-refractivity contribution in [2.24, 2.45) is 0 Å². The Bertz CT molecular complexity index is 567. The molecule has 0 bridgehead atoms. The average molecular weight is 372 g/mol. The van der Waals surface area contributed by atoms with Gasteiger partial charge in [-0.2, -0.15) is 0 Å². The number of nitrogens with zero attached hydrogens (tertiary/aromatic N) is 1. The molecule has 1 N–H and O–H groups in total. The number of sulfone groups is 1.